The Kier molecular flexibility index (Phi) is 3.50. The number of aryl methyl sites for hydroxylation is 1. The van der Waals surface area contributed by atoms with Crippen LogP contribution in [0, 0.1) is 6.92 Å². The molecule has 0 aliphatic carbocycles. The molecule has 0 fully saturated rings. The van der Waals surface area contributed by atoms with Crippen LogP contribution in [0.3, 0.4) is 0 Å². The highest BCUT2D eigenvalue weighted by atomic mass is 16.4. The topological polar surface area (TPSA) is 70.8 Å². The van der Waals surface area contributed by atoms with Crippen molar-refractivity contribution in [3.8, 4) is 5.75 Å². The fourth-order valence-corrected chi connectivity index (χ4v) is 1.12. The quantitative estimate of drug-likeness (QED) is 0.609. The summed E-state index contributed by atoms with van der Waals surface area (Å²) in [5.74, 6) is -0.683. The van der Waals surface area contributed by atoms with Crippen LogP contribution in [0.1, 0.15) is 16.1 Å². The van der Waals surface area contributed by atoms with Gasteiger partial charge in [0, 0.05) is 32.4 Å². The van der Waals surface area contributed by atoms with Crippen molar-refractivity contribution in [3.05, 3.63) is 40.1 Å². The van der Waals surface area contributed by atoms with Gasteiger partial charge in [0.15, 0.2) is 5.78 Å². The van der Waals surface area contributed by atoms with E-state index in [9.17, 15) is 14.7 Å². The van der Waals surface area contributed by atoms with Gasteiger partial charge in [-0.25, -0.2) is 4.79 Å². The number of hydrogen-bond donors (Lipinski definition) is 1. The van der Waals surface area contributed by atoms with Gasteiger partial charge < -0.3 is 14.4 Å². The van der Waals surface area contributed by atoms with E-state index in [1.807, 2.05) is 0 Å². The van der Waals surface area contributed by atoms with Crippen LogP contribution in [0.15, 0.2) is 27.6 Å². The lowest BCUT2D eigenvalue weighted by Gasteiger charge is -2.03. The van der Waals surface area contributed by atoms with Gasteiger partial charge in [0.25, 0.3) is 0 Å². The zero-order valence-electron chi connectivity index (χ0n) is 9.35. The maximum absolute atomic E-state index is 11.6. The van der Waals surface area contributed by atoms with Gasteiger partial charge in [-0.1, -0.05) is 0 Å². The maximum Gasteiger partial charge on any atom is 0.351 e. The highest BCUT2D eigenvalue weighted by Gasteiger charge is 2.15. The molecule has 0 aromatic carbocycles. The van der Waals surface area contributed by atoms with Crippen LogP contribution in [0.2, 0.25) is 0 Å². The Bertz CT molecular complexity index is 485. The standard InChI is InChI=1S/C11H13NO4/c1-7-6-9(14)10(11(15)16-7)8(13)4-5-12(2)3/h4-6,14H,1-3H3. The molecule has 0 amide bonds. The molecule has 1 N–H and O–H groups in total. The van der Waals surface area contributed by atoms with Crippen molar-refractivity contribution in [2.24, 2.45) is 0 Å². The normalized spacial score (nSPS) is 10.7. The summed E-state index contributed by atoms with van der Waals surface area (Å²) in [5.41, 5.74) is -1.17. The fraction of sp³-hybridized carbons (Fsp3) is 0.273. The Morgan fingerprint density at radius 1 is 1.50 bits per heavy atom. The Labute approximate surface area is 92.6 Å². The third kappa shape index (κ3) is 2.73. The molecule has 16 heavy (non-hydrogen) atoms. The smallest absolute Gasteiger partial charge is 0.351 e. The largest absolute Gasteiger partial charge is 0.507 e. The Balaban J connectivity index is 3.15. The van der Waals surface area contributed by atoms with Gasteiger partial charge in [-0.05, 0) is 6.92 Å². The van der Waals surface area contributed by atoms with Crippen LogP contribution in [-0.2, 0) is 0 Å². The first-order valence-electron chi connectivity index (χ1n) is 4.64. The summed E-state index contributed by atoms with van der Waals surface area (Å²) in [5, 5.41) is 9.48. The number of nitrogens with zero attached hydrogens (tertiary/aromatic N) is 1. The molecule has 1 aromatic rings. The lowest BCUT2D eigenvalue weighted by atomic mass is 10.1. The monoisotopic (exact) mass is 223 g/mol. The summed E-state index contributed by atoms with van der Waals surface area (Å²) in [6, 6.07) is 1.23. The minimum absolute atomic E-state index is 0.260. The van der Waals surface area contributed by atoms with E-state index < -0.39 is 11.4 Å². The van der Waals surface area contributed by atoms with Gasteiger partial charge in [0.1, 0.15) is 17.1 Å². The number of hydrogen-bond acceptors (Lipinski definition) is 5. The average Bonchev–Trinajstić information content (AvgIpc) is 2.12. The zero-order valence-corrected chi connectivity index (χ0v) is 9.35. The highest BCUT2D eigenvalue weighted by Crippen LogP contribution is 2.15. The number of ketones is 1. The van der Waals surface area contributed by atoms with Gasteiger partial charge in [-0.15, -0.1) is 0 Å². The first-order chi connectivity index (χ1) is 7.41. The average molecular weight is 223 g/mol. The van der Waals surface area contributed by atoms with Gasteiger partial charge in [0.2, 0.25) is 0 Å². The minimum Gasteiger partial charge on any atom is -0.507 e. The second-order valence-corrected chi connectivity index (χ2v) is 3.55. The molecular weight excluding hydrogens is 210 g/mol. The summed E-state index contributed by atoms with van der Waals surface area (Å²) in [7, 11) is 3.47. The summed E-state index contributed by atoms with van der Waals surface area (Å²) >= 11 is 0. The van der Waals surface area contributed by atoms with Crippen LogP contribution in [0.25, 0.3) is 0 Å². The van der Waals surface area contributed by atoms with Crippen LogP contribution in [0.5, 0.6) is 5.75 Å². The van der Waals surface area contributed by atoms with Crippen molar-refractivity contribution in [2.45, 2.75) is 6.92 Å². The van der Waals surface area contributed by atoms with E-state index in [4.69, 9.17) is 4.42 Å². The Morgan fingerprint density at radius 2 is 2.12 bits per heavy atom. The molecular formula is C11H13NO4. The first-order valence-corrected chi connectivity index (χ1v) is 4.64. The predicted molar refractivity (Wildman–Crippen MR) is 58.5 cm³/mol. The maximum atomic E-state index is 11.6. The molecule has 0 aliphatic heterocycles. The van der Waals surface area contributed by atoms with Gasteiger partial charge in [-0.3, -0.25) is 4.79 Å². The molecule has 5 heteroatoms. The van der Waals surface area contributed by atoms with E-state index in [1.54, 1.807) is 19.0 Å². The number of aromatic hydroxyl groups is 1. The summed E-state index contributed by atoms with van der Waals surface area (Å²) in [6.07, 6.45) is 2.68. The lowest BCUT2D eigenvalue weighted by molar-refractivity contribution is 0.103. The third-order valence-electron chi connectivity index (χ3n) is 1.82. The highest BCUT2D eigenvalue weighted by molar-refractivity contribution is 6.05. The summed E-state index contributed by atoms with van der Waals surface area (Å²) in [4.78, 5) is 24.6. The van der Waals surface area contributed by atoms with E-state index in [2.05, 4.69) is 0 Å². The van der Waals surface area contributed by atoms with Crippen LogP contribution in [0.4, 0.5) is 0 Å². The Morgan fingerprint density at radius 3 is 2.62 bits per heavy atom. The fourth-order valence-electron chi connectivity index (χ4n) is 1.12. The summed E-state index contributed by atoms with van der Waals surface area (Å²) in [6.45, 7) is 1.52. The molecule has 0 saturated heterocycles. The molecule has 0 atom stereocenters. The third-order valence-corrected chi connectivity index (χ3v) is 1.82. The summed E-state index contributed by atoms with van der Waals surface area (Å²) < 4.78 is 4.73. The molecule has 5 nitrogen and oxygen atoms in total. The van der Waals surface area contributed by atoms with Crippen molar-refractivity contribution in [2.75, 3.05) is 14.1 Å². The molecule has 0 saturated carbocycles. The molecule has 0 unspecified atom stereocenters. The van der Waals surface area contributed by atoms with Crippen molar-refractivity contribution >= 4 is 5.78 Å². The lowest BCUT2D eigenvalue weighted by Crippen LogP contribution is -2.14. The van der Waals surface area contributed by atoms with E-state index in [0.717, 1.165) is 0 Å². The molecule has 1 heterocycles. The van der Waals surface area contributed by atoms with E-state index >= 15 is 0 Å². The molecule has 0 spiro atoms. The van der Waals surface area contributed by atoms with Crippen molar-refractivity contribution in [3.63, 3.8) is 0 Å². The molecule has 86 valence electrons. The van der Waals surface area contributed by atoms with Crippen LogP contribution >= 0.6 is 0 Å². The van der Waals surface area contributed by atoms with Gasteiger partial charge in [0.05, 0.1) is 0 Å². The van der Waals surface area contributed by atoms with Gasteiger partial charge >= 0.3 is 5.63 Å². The van der Waals surface area contributed by atoms with Gasteiger partial charge in [-0.2, -0.15) is 0 Å². The molecule has 0 aliphatic rings. The zero-order chi connectivity index (χ0) is 12.3. The molecule has 0 radical (unpaired) electrons. The van der Waals surface area contributed by atoms with E-state index in [-0.39, 0.29) is 17.1 Å². The second kappa shape index (κ2) is 4.65. The second-order valence-electron chi connectivity index (χ2n) is 3.55. The number of rotatable bonds is 3. The van der Waals surface area contributed by atoms with Crippen LogP contribution in [-0.4, -0.2) is 29.9 Å². The minimum atomic E-state index is -0.828. The van der Waals surface area contributed by atoms with Crippen LogP contribution < -0.4 is 5.63 Å². The van der Waals surface area contributed by atoms with Crippen molar-refractivity contribution < 1.29 is 14.3 Å². The number of carbonyl (C=O) groups is 1. The number of allylic oxidation sites excluding steroid dienone is 1. The van der Waals surface area contributed by atoms with Crippen molar-refractivity contribution in [1.29, 1.82) is 0 Å². The Hall–Kier alpha value is -2.04. The SMILES string of the molecule is Cc1cc(O)c(C(=O)C=CN(C)C)c(=O)o1. The molecule has 1 rings (SSSR count). The predicted octanol–water partition coefficient (Wildman–Crippen LogP) is 0.912. The van der Waals surface area contributed by atoms with Crippen molar-refractivity contribution in [1.82, 2.24) is 4.90 Å². The number of carbonyl (C=O) groups excluding carboxylic acids is 1. The molecule has 0 bridgehead atoms. The van der Waals surface area contributed by atoms with E-state index in [1.165, 1.54) is 25.3 Å². The van der Waals surface area contributed by atoms with E-state index in [0.29, 0.717) is 0 Å². The first kappa shape index (κ1) is 12.0. The molecule has 1 aromatic heterocycles.